The lowest BCUT2D eigenvalue weighted by Gasteiger charge is -2.06. The average Bonchev–Trinajstić information content (AvgIpc) is 2.21. The first-order valence-corrected chi connectivity index (χ1v) is 6.04. The molecular weight excluding hydrogens is 240 g/mol. The lowest BCUT2D eigenvalue weighted by molar-refractivity contribution is -0.194. The number of carbonyl (C=O) groups is 1. The molecule has 7 nitrogen and oxygen atoms in total. The second-order valence-electron chi connectivity index (χ2n) is 2.86. The average molecular weight is 254 g/mol. The first-order chi connectivity index (χ1) is 7.52. The predicted molar refractivity (Wildman–Crippen MR) is 53.5 cm³/mol. The highest BCUT2D eigenvalue weighted by Gasteiger charge is 2.18. The molecule has 0 spiro atoms. The Morgan fingerprint density at radius 2 is 2.00 bits per heavy atom. The molecule has 0 rings (SSSR count). The van der Waals surface area contributed by atoms with Crippen LogP contribution in [0.15, 0.2) is 12.2 Å². The van der Waals surface area contributed by atoms with E-state index < -0.39 is 22.0 Å². The molecule has 0 aromatic carbocycles. The monoisotopic (exact) mass is 254 g/mol. The van der Waals surface area contributed by atoms with E-state index in [-0.39, 0.29) is 19.5 Å². The zero-order valence-electron chi connectivity index (χ0n) is 8.48. The molecule has 1 atom stereocenters. The standard InChI is InChI=1S/C8H14O7S/c9-5-3-1-2-4-8(11)6-16(12,13)15-14-7-10/h1-2,7-9,11H,3-6H2/b2-1+. The largest absolute Gasteiger partial charge is 0.396 e. The Morgan fingerprint density at radius 3 is 2.56 bits per heavy atom. The molecule has 0 saturated carbocycles. The van der Waals surface area contributed by atoms with E-state index in [9.17, 15) is 18.3 Å². The van der Waals surface area contributed by atoms with E-state index in [2.05, 4.69) is 9.22 Å². The Kier molecular flexibility index (Phi) is 7.73. The minimum absolute atomic E-state index is 0.0127. The second kappa shape index (κ2) is 8.22. The topological polar surface area (TPSA) is 110 Å². The van der Waals surface area contributed by atoms with E-state index >= 15 is 0 Å². The maximum absolute atomic E-state index is 11.0. The molecule has 0 aromatic rings. The van der Waals surface area contributed by atoms with Gasteiger partial charge in [0.25, 0.3) is 0 Å². The Morgan fingerprint density at radius 1 is 1.31 bits per heavy atom. The van der Waals surface area contributed by atoms with E-state index in [0.717, 1.165) is 0 Å². The molecular formula is C8H14O7S. The van der Waals surface area contributed by atoms with Gasteiger partial charge < -0.3 is 10.2 Å². The molecule has 0 aliphatic rings. The van der Waals surface area contributed by atoms with Crippen LogP contribution in [0, 0.1) is 0 Å². The summed E-state index contributed by atoms with van der Waals surface area (Å²) in [6.45, 7) is -0.188. The van der Waals surface area contributed by atoms with Crippen molar-refractivity contribution in [3.63, 3.8) is 0 Å². The number of rotatable bonds is 9. The SMILES string of the molecule is O=COOS(=O)(=O)CC(O)C/C=C/CCO. The summed E-state index contributed by atoms with van der Waals surface area (Å²) < 4.78 is 25.7. The van der Waals surface area contributed by atoms with Gasteiger partial charge in [-0.3, -0.25) is 9.68 Å². The molecule has 0 bridgehead atoms. The van der Waals surface area contributed by atoms with Gasteiger partial charge >= 0.3 is 16.6 Å². The first-order valence-electron chi connectivity index (χ1n) is 4.47. The van der Waals surface area contributed by atoms with Gasteiger partial charge in [-0.15, -0.1) is 0 Å². The Bertz CT molecular complexity index is 308. The van der Waals surface area contributed by atoms with Gasteiger partial charge in [-0.2, -0.15) is 8.42 Å². The van der Waals surface area contributed by atoms with Crippen molar-refractivity contribution in [1.29, 1.82) is 0 Å². The molecule has 0 fully saturated rings. The summed E-state index contributed by atoms with van der Waals surface area (Å²) in [5.41, 5.74) is 0. The van der Waals surface area contributed by atoms with Gasteiger partial charge in [0.1, 0.15) is 5.75 Å². The Hall–Kier alpha value is -0.960. The van der Waals surface area contributed by atoms with Crippen LogP contribution in [0.4, 0.5) is 0 Å². The zero-order valence-corrected chi connectivity index (χ0v) is 9.30. The van der Waals surface area contributed by atoms with E-state index in [4.69, 9.17) is 5.11 Å². The summed E-state index contributed by atoms with van der Waals surface area (Å²) in [7, 11) is -4.07. The van der Waals surface area contributed by atoms with Crippen molar-refractivity contribution in [2.75, 3.05) is 12.4 Å². The smallest absolute Gasteiger partial charge is 0.332 e. The number of hydrogen-bond acceptors (Lipinski definition) is 7. The fourth-order valence-electron chi connectivity index (χ4n) is 0.853. The lowest BCUT2D eigenvalue weighted by Crippen LogP contribution is -2.22. The molecule has 0 aliphatic carbocycles. The van der Waals surface area contributed by atoms with Gasteiger partial charge in [-0.1, -0.05) is 16.5 Å². The lowest BCUT2D eigenvalue weighted by atomic mass is 10.2. The summed E-state index contributed by atoms with van der Waals surface area (Å²) in [5, 5.41) is 17.7. The Balaban J connectivity index is 3.93. The summed E-state index contributed by atoms with van der Waals surface area (Å²) in [6, 6.07) is 0. The highest BCUT2D eigenvalue weighted by Crippen LogP contribution is 2.02. The van der Waals surface area contributed by atoms with Crippen molar-refractivity contribution >= 4 is 16.6 Å². The van der Waals surface area contributed by atoms with Gasteiger partial charge in [0.15, 0.2) is 0 Å². The van der Waals surface area contributed by atoms with Crippen LogP contribution in [-0.4, -0.2) is 43.6 Å². The van der Waals surface area contributed by atoms with Gasteiger partial charge in [-0.05, 0) is 12.8 Å². The molecule has 0 amide bonds. The normalized spacial score (nSPS) is 13.9. The van der Waals surface area contributed by atoms with Crippen molar-refractivity contribution in [2.24, 2.45) is 0 Å². The van der Waals surface area contributed by atoms with Crippen LogP contribution < -0.4 is 0 Å². The quantitative estimate of drug-likeness (QED) is 0.238. The van der Waals surface area contributed by atoms with Crippen LogP contribution in [-0.2, 0) is 24.1 Å². The van der Waals surface area contributed by atoms with Gasteiger partial charge in [0, 0.05) is 6.61 Å². The third kappa shape index (κ3) is 8.36. The molecule has 94 valence electrons. The van der Waals surface area contributed by atoms with Crippen molar-refractivity contribution in [2.45, 2.75) is 18.9 Å². The summed E-state index contributed by atoms with van der Waals surface area (Å²) in [6.07, 6.45) is 2.53. The van der Waals surface area contributed by atoms with Crippen LogP contribution in [0.5, 0.6) is 0 Å². The maximum atomic E-state index is 11.0. The molecule has 0 radical (unpaired) electrons. The van der Waals surface area contributed by atoms with Crippen molar-refractivity contribution in [1.82, 2.24) is 0 Å². The summed E-state index contributed by atoms with van der Waals surface area (Å²) in [5.74, 6) is -0.676. The number of aliphatic hydroxyl groups is 2. The first kappa shape index (κ1) is 15.0. The van der Waals surface area contributed by atoms with E-state index in [1.807, 2.05) is 0 Å². The van der Waals surface area contributed by atoms with Gasteiger partial charge in [0.05, 0.1) is 6.10 Å². The van der Waals surface area contributed by atoms with E-state index in [1.54, 1.807) is 6.08 Å². The molecule has 0 heterocycles. The van der Waals surface area contributed by atoms with Gasteiger partial charge in [0.2, 0.25) is 0 Å². The van der Waals surface area contributed by atoms with Crippen molar-refractivity contribution in [3.8, 4) is 0 Å². The molecule has 0 aliphatic heterocycles. The van der Waals surface area contributed by atoms with Gasteiger partial charge in [-0.25, -0.2) is 0 Å². The van der Waals surface area contributed by atoms with Crippen LogP contribution in [0.1, 0.15) is 12.8 Å². The fourth-order valence-corrected chi connectivity index (χ4v) is 1.67. The fraction of sp³-hybridized carbons (Fsp3) is 0.625. The molecule has 0 aromatic heterocycles. The zero-order chi connectivity index (χ0) is 12.4. The van der Waals surface area contributed by atoms with E-state index in [0.29, 0.717) is 6.42 Å². The van der Waals surface area contributed by atoms with Crippen molar-refractivity contribution in [3.05, 3.63) is 12.2 Å². The van der Waals surface area contributed by atoms with Crippen LogP contribution in [0.25, 0.3) is 0 Å². The minimum atomic E-state index is -4.07. The highest BCUT2D eigenvalue weighted by atomic mass is 32.2. The van der Waals surface area contributed by atoms with Crippen molar-refractivity contribution < 1.29 is 32.6 Å². The third-order valence-corrected chi connectivity index (χ3v) is 2.53. The number of carbonyl (C=O) groups excluding carboxylic acids is 1. The highest BCUT2D eigenvalue weighted by molar-refractivity contribution is 7.86. The minimum Gasteiger partial charge on any atom is -0.396 e. The molecule has 16 heavy (non-hydrogen) atoms. The van der Waals surface area contributed by atoms with E-state index in [1.165, 1.54) is 6.08 Å². The molecule has 0 saturated heterocycles. The van der Waals surface area contributed by atoms with Crippen LogP contribution >= 0.6 is 0 Å². The molecule has 1 unspecified atom stereocenters. The molecule has 8 heteroatoms. The molecule has 2 N–H and O–H groups in total. The second-order valence-corrected chi connectivity index (χ2v) is 4.44. The predicted octanol–water partition coefficient (Wildman–Crippen LogP) is -0.890. The maximum Gasteiger partial charge on any atom is 0.332 e. The Labute approximate surface area is 93.3 Å². The number of hydrogen-bond donors (Lipinski definition) is 2. The van der Waals surface area contributed by atoms with Crippen LogP contribution in [0.3, 0.4) is 0 Å². The number of aliphatic hydroxyl groups excluding tert-OH is 2. The summed E-state index contributed by atoms with van der Waals surface area (Å²) in [4.78, 5) is 13.3. The third-order valence-electron chi connectivity index (χ3n) is 1.45. The summed E-state index contributed by atoms with van der Waals surface area (Å²) >= 11 is 0. The van der Waals surface area contributed by atoms with Crippen LogP contribution in [0.2, 0.25) is 0 Å².